The van der Waals surface area contributed by atoms with Gasteiger partial charge in [-0.15, -0.1) is 0 Å². The van der Waals surface area contributed by atoms with Crippen molar-refractivity contribution in [2.45, 2.75) is 26.3 Å². The van der Waals surface area contributed by atoms with Crippen LogP contribution in [0.15, 0.2) is 34.9 Å². The molecular formula is C19H22ClN5O2. The van der Waals surface area contributed by atoms with Gasteiger partial charge in [-0.2, -0.15) is 10.1 Å². The van der Waals surface area contributed by atoms with Gasteiger partial charge in [0.2, 0.25) is 5.91 Å². The topological polar surface area (TPSA) is 76.2 Å². The van der Waals surface area contributed by atoms with Crippen molar-refractivity contribution in [3.05, 3.63) is 41.2 Å². The van der Waals surface area contributed by atoms with E-state index in [0.29, 0.717) is 29.7 Å². The number of fused-ring (bicyclic) bond motifs is 1. The molecule has 1 amide bonds. The number of anilines is 1. The van der Waals surface area contributed by atoms with Crippen molar-refractivity contribution in [2.75, 3.05) is 24.5 Å². The quantitative estimate of drug-likeness (QED) is 0.728. The molecule has 1 saturated heterocycles. The zero-order valence-corrected chi connectivity index (χ0v) is 15.9. The number of nitrogens with zero attached hydrogens (tertiary/aromatic N) is 4. The predicted molar refractivity (Wildman–Crippen MR) is 104 cm³/mol. The molecule has 2 aromatic heterocycles. The third-order valence-corrected chi connectivity index (χ3v) is 5.12. The molecule has 0 aliphatic carbocycles. The van der Waals surface area contributed by atoms with Gasteiger partial charge in [-0.05, 0) is 38.0 Å². The number of piperidine rings is 1. The Bertz CT molecular complexity index is 943. The number of nitrogens with one attached hydrogen (secondary N) is 1. The first-order valence-corrected chi connectivity index (χ1v) is 9.55. The summed E-state index contributed by atoms with van der Waals surface area (Å²) >= 11 is 6.00. The monoisotopic (exact) mass is 387 g/mol. The van der Waals surface area contributed by atoms with Crippen molar-refractivity contribution in [3.8, 4) is 0 Å². The lowest BCUT2D eigenvalue weighted by atomic mass is 9.96. The molecule has 0 radical (unpaired) electrons. The number of benzene rings is 1. The van der Waals surface area contributed by atoms with E-state index in [1.807, 2.05) is 29.9 Å². The highest BCUT2D eigenvalue weighted by Gasteiger charge is 2.27. The van der Waals surface area contributed by atoms with Gasteiger partial charge >= 0.3 is 0 Å². The van der Waals surface area contributed by atoms with E-state index in [2.05, 4.69) is 20.3 Å². The van der Waals surface area contributed by atoms with Gasteiger partial charge in [0.25, 0.3) is 6.01 Å². The van der Waals surface area contributed by atoms with Crippen LogP contribution in [0.2, 0.25) is 5.02 Å². The van der Waals surface area contributed by atoms with Crippen LogP contribution in [0.25, 0.3) is 11.1 Å². The minimum absolute atomic E-state index is 0.0273. The van der Waals surface area contributed by atoms with E-state index < -0.39 is 0 Å². The van der Waals surface area contributed by atoms with Crippen molar-refractivity contribution < 1.29 is 9.21 Å². The molecule has 1 aliphatic heterocycles. The van der Waals surface area contributed by atoms with Crippen molar-refractivity contribution in [3.63, 3.8) is 0 Å². The highest BCUT2D eigenvalue weighted by molar-refractivity contribution is 6.31. The second kappa shape index (κ2) is 7.60. The molecule has 0 unspecified atom stereocenters. The summed E-state index contributed by atoms with van der Waals surface area (Å²) in [4.78, 5) is 19.0. The molecule has 142 valence electrons. The lowest BCUT2D eigenvalue weighted by molar-refractivity contribution is -0.125. The number of oxazole rings is 1. The summed E-state index contributed by atoms with van der Waals surface area (Å²) in [6.07, 6.45) is 3.49. The van der Waals surface area contributed by atoms with Gasteiger partial charge in [0, 0.05) is 42.8 Å². The third-order valence-electron chi connectivity index (χ3n) is 4.89. The van der Waals surface area contributed by atoms with E-state index in [1.165, 1.54) is 0 Å². The van der Waals surface area contributed by atoms with Gasteiger partial charge in [-0.25, -0.2) is 0 Å². The maximum absolute atomic E-state index is 12.4. The predicted octanol–water partition coefficient (Wildman–Crippen LogP) is 3.02. The molecule has 1 N–H and O–H groups in total. The Balaban J connectivity index is 1.28. The third kappa shape index (κ3) is 4.08. The molecule has 1 aliphatic rings. The van der Waals surface area contributed by atoms with Crippen molar-refractivity contribution >= 4 is 34.6 Å². The molecule has 0 bridgehead atoms. The number of rotatable bonds is 5. The van der Waals surface area contributed by atoms with Crippen LogP contribution >= 0.6 is 11.6 Å². The molecule has 1 aromatic carbocycles. The molecule has 27 heavy (non-hydrogen) atoms. The van der Waals surface area contributed by atoms with Crippen LogP contribution in [0.1, 0.15) is 18.5 Å². The highest BCUT2D eigenvalue weighted by Crippen LogP contribution is 2.27. The first-order valence-electron chi connectivity index (χ1n) is 9.17. The van der Waals surface area contributed by atoms with E-state index >= 15 is 0 Å². The number of aromatic nitrogens is 3. The average molecular weight is 388 g/mol. The molecule has 8 heteroatoms. The Morgan fingerprint density at radius 1 is 1.33 bits per heavy atom. The lowest BCUT2D eigenvalue weighted by Gasteiger charge is -2.30. The molecule has 3 heterocycles. The molecule has 1 fully saturated rings. The summed E-state index contributed by atoms with van der Waals surface area (Å²) in [5.74, 6) is 0.141. The molecule has 0 spiro atoms. The van der Waals surface area contributed by atoms with Crippen LogP contribution in [0, 0.1) is 12.8 Å². The minimum atomic E-state index is 0.0273. The van der Waals surface area contributed by atoms with Crippen LogP contribution in [0.4, 0.5) is 6.01 Å². The maximum atomic E-state index is 12.4. The minimum Gasteiger partial charge on any atom is -0.423 e. The second-order valence-corrected chi connectivity index (χ2v) is 7.32. The van der Waals surface area contributed by atoms with Gasteiger partial charge < -0.3 is 14.6 Å². The number of hydrogen-bond acceptors (Lipinski definition) is 5. The van der Waals surface area contributed by atoms with Crippen molar-refractivity contribution in [1.29, 1.82) is 0 Å². The summed E-state index contributed by atoms with van der Waals surface area (Å²) < 4.78 is 7.66. The van der Waals surface area contributed by atoms with E-state index in [4.69, 9.17) is 16.0 Å². The van der Waals surface area contributed by atoms with Crippen LogP contribution in [-0.2, 0) is 11.3 Å². The summed E-state index contributed by atoms with van der Waals surface area (Å²) in [6.45, 7) is 4.72. The summed E-state index contributed by atoms with van der Waals surface area (Å²) in [5, 5.41) is 7.97. The largest absolute Gasteiger partial charge is 0.423 e. The molecule has 4 rings (SSSR count). The first-order chi connectivity index (χ1) is 13.1. The van der Waals surface area contributed by atoms with Crippen LogP contribution in [0.3, 0.4) is 0 Å². The molecule has 7 nitrogen and oxygen atoms in total. The maximum Gasteiger partial charge on any atom is 0.298 e. The first kappa shape index (κ1) is 17.9. The van der Waals surface area contributed by atoms with Gasteiger partial charge in [0.15, 0.2) is 5.58 Å². The van der Waals surface area contributed by atoms with Gasteiger partial charge in [0.05, 0.1) is 12.2 Å². The second-order valence-electron chi connectivity index (χ2n) is 6.88. The average Bonchev–Trinajstić information content (AvgIpc) is 3.27. The summed E-state index contributed by atoms with van der Waals surface area (Å²) in [6, 6.07) is 7.98. The highest BCUT2D eigenvalue weighted by atomic mass is 35.5. The molecule has 0 saturated carbocycles. The van der Waals surface area contributed by atoms with E-state index in [9.17, 15) is 4.79 Å². The normalized spacial score (nSPS) is 15.4. The number of amides is 1. The summed E-state index contributed by atoms with van der Waals surface area (Å²) in [5.41, 5.74) is 2.46. The molecular weight excluding hydrogens is 366 g/mol. The SMILES string of the molecule is Cc1ccn(CCNC(=O)C2CCN(c3nc4ccc(Cl)cc4o3)CC2)n1. The van der Waals surface area contributed by atoms with Crippen molar-refractivity contribution in [1.82, 2.24) is 20.1 Å². The fourth-order valence-electron chi connectivity index (χ4n) is 3.38. The number of carbonyl (C=O) groups excluding carboxylic acids is 1. The number of carbonyl (C=O) groups is 1. The molecule has 3 aromatic rings. The zero-order valence-electron chi connectivity index (χ0n) is 15.2. The smallest absolute Gasteiger partial charge is 0.298 e. The Labute approximate surface area is 162 Å². The van der Waals surface area contributed by atoms with Gasteiger partial charge in [0.1, 0.15) is 5.52 Å². The fraction of sp³-hybridized carbons (Fsp3) is 0.421. The van der Waals surface area contributed by atoms with Gasteiger partial charge in [-0.1, -0.05) is 11.6 Å². The Morgan fingerprint density at radius 2 is 2.15 bits per heavy atom. The van der Waals surface area contributed by atoms with Crippen LogP contribution < -0.4 is 10.2 Å². The van der Waals surface area contributed by atoms with Gasteiger partial charge in [-0.3, -0.25) is 9.48 Å². The van der Waals surface area contributed by atoms with Crippen molar-refractivity contribution in [2.24, 2.45) is 5.92 Å². The standard InChI is InChI=1S/C19H22ClN5O2/c1-13-4-10-25(23-13)11-7-21-18(26)14-5-8-24(9-6-14)19-22-16-3-2-15(20)12-17(16)27-19/h2-4,10,12,14H,5-9,11H2,1H3,(H,21,26). The fourth-order valence-corrected chi connectivity index (χ4v) is 3.54. The Kier molecular flexibility index (Phi) is 5.03. The summed E-state index contributed by atoms with van der Waals surface area (Å²) in [7, 11) is 0. The lowest BCUT2D eigenvalue weighted by Crippen LogP contribution is -2.41. The zero-order chi connectivity index (χ0) is 18.8. The van der Waals surface area contributed by atoms with Crippen LogP contribution in [0.5, 0.6) is 0 Å². The number of hydrogen-bond donors (Lipinski definition) is 1. The number of aryl methyl sites for hydroxylation is 1. The van der Waals surface area contributed by atoms with E-state index in [1.54, 1.807) is 12.1 Å². The number of halogens is 1. The van der Waals surface area contributed by atoms with E-state index in [0.717, 1.165) is 37.1 Å². The Hall–Kier alpha value is -2.54. The molecule has 0 atom stereocenters. The van der Waals surface area contributed by atoms with E-state index in [-0.39, 0.29) is 11.8 Å². The van der Waals surface area contributed by atoms with Crippen LogP contribution in [-0.4, -0.2) is 40.3 Å². The Morgan fingerprint density at radius 3 is 2.89 bits per heavy atom.